The number of piperidine rings is 1. The highest BCUT2D eigenvalue weighted by Gasteiger charge is 2.26. The lowest BCUT2D eigenvalue weighted by Crippen LogP contribution is -2.51. The number of hydrogen-bond donors (Lipinski definition) is 1. The van der Waals surface area contributed by atoms with Crippen LogP contribution in [0.4, 0.5) is 0 Å². The van der Waals surface area contributed by atoms with Crippen LogP contribution in [-0.2, 0) is 9.63 Å². The second kappa shape index (κ2) is 6.05. The molecule has 88 valence electrons. The molecule has 1 saturated heterocycles. The fourth-order valence-corrected chi connectivity index (χ4v) is 1.63. The Bertz CT molecular complexity index is 203. The Labute approximate surface area is 90.5 Å². The quantitative estimate of drug-likeness (QED) is 0.697. The zero-order valence-electron chi connectivity index (χ0n) is 9.48. The predicted octanol–water partition coefficient (Wildman–Crippen LogP) is 0.548. The summed E-state index contributed by atoms with van der Waals surface area (Å²) in [5, 5.41) is 12.3. The summed E-state index contributed by atoms with van der Waals surface area (Å²) in [6, 6.07) is 0. The van der Waals surface area contributed by atoms with Crippen LogP contribution in [0.5, 0.6) is 0 Å². The second-order valence-electron chi connectivity index (χ2n) is 3.72. The van der Waals surface area contributed by atoms with Gasteiger partial charge in [0.2, 0.25) is 0 Å². The van der Waals surface area contributed by atoms with Crippen LogP contribution in [0.2, 0.25) is 0 Å². The van der Waals surface area contributed by atoms with Gasteiger partial charge in [-0.05, 0) is 26.7 Å². The first kappa shape index (κ1) is 12.4. The highest BCUT2D eigenvalue weighted by Crippen LogP contribution is 2.13. The Hall–Kier alpha value is -0.650. The molecule has 1 rings (SSSR count). The number of amides is 1. The monoisotopic (exact) mass is 216 g/mol. The van der Waals surface area contributed by atoms with Crippen LogP contribution >= 0.6 is 0 Å². The summed E-state index contributed by atoms with van der Waals surface area (Å²) >= 11 is 0. The van der Waals surface area contributed by atoms with Gasteiger partial charge in [-0.1, -0.05) is 6.42 Å². The molecule has 0 radical (unpaired) electrons. The molecule has 1 aliphatic heterocycles. The largest absolute Gasteiger partial charge is 0.383 e. The van der Waals surface area contributed by atoms with Gasteiger partial charge in [-0.3, -0.25) is 9.63 Å². The van der Waals surface area contributed by atoms with E-state index in [0.29, 0.717) is 6.61 Å². The van der Waals surface area contributed by atoms with Crippen LogP contribution in [0.3, 0.4) is 0 Å². The highest BCUT2D eigenvalue weighted by molar-refractivity contribution is 5.78. The zero-order chi connectivity index (χ0) is 11.3. The first-order valence-electron chi connectivity index (χ1n) is 5.56. The molecule has 0 saturated carbocycles. The Morgan fingerprint density at radius 3 is 2.53 bits per heavy atom. The minimum Gasteiger partial charge on any atom is -0.383 e. The van der Waals surface area contributed by atoms with Crippen molar-refractivity contribution in [2.75, 3.05) is 19.7 Å². The van der Waals surface area contributed by atoms with E-state index < -0.39 is 12.0 Å². The van der Waals surface area contributed by atoms with Gasteiger partial charge in [0.25, 0.3) is 5.91 Å². The van der Waals surface area contributed by atoms with Crippen LogP contribution in [-0.4, -0.2) is 47.0 Å². The van der Waals surface area contributed by atoms with Crippen molar-refractivity contribution in [1.82, 2.24) is 10.2 Å². The first-order chi connectivity index (χ1) is 7.16. The summed E-state index contributed by atoms with van der Waals surface area (Å²) in [7, 11) is 0. The number of nitrogens with zero attached hydrogens (tertiary/aromatic N) is 2. The van der Waals surface area contributed by atoms with E-state index in [4.69, 9.17) is 4.84 Å². The zero-order valence-corrected chi connectivity index (χ0v) is 9.48. The molecule has 1 heterocycles. The van der Waals surface area contributed by atoms with Gasteiger partial charge in [-0.25, -0.2) is 0 Å². The predicted molar refractivity (Wildman–Crippen MR) is 55.6 cm³/mol. The molecule has 1 aliphatic rings. The Morgan fingerprint density at radius 1 is 1.47 bits per heavy atom. The summed E-state index contributed by atoms with van der Waals surface area (Å²) in [6.07, 6.45) is 2.31. The number of aliphatic hydroxyl groups excluding tert-OH is 1. The molecule has 1 amide bonds. The van der Waals surface area contributed by atoms with Gasteiger partial charge in [0.15, 0.2) is 0 Å². The molecular formula is C10H20N2O3. The summed E-state index contributed by atoms with van der Waals surface area (Å²) < 4.78 is 0. The van der Waals surface area contributed by atoms with E-state index in [1.165, 1.54) is 18.5 Å². The number of aliphatic hydroxyl groups is 1. The van der Waals surface area contributed by atoms with Crippen LogP contribution in [0, 0.1) is 0 Å². The number of rotatable bonds is 4. The fourth-order valence-electron chi connectivity index (χ4n) is 1.63. The maximum absolute atomic E-state index is 11.6. The average Bonchev–Trinajstić information content (AvgIpc) is 2.26. The van der Waals surface area contributed by atoms with Gasteiger partial charge < -0.3 is 5.11 Å². The van der Waals surface area contributed by atoms with Crippen LogP contribution in [0.25, 0.3) is 0 Å². The normalized spacial score (nSPS) is 19.9. The molecule has 1 N–H and O–H groups in total. The van der Waals surface area contributed by atoms with Crippen molar-refractivity contribution in [3.8, 4) is 0 Å². The van der Waals surface area contributed by atoms with Gasteiger partial charge in [0, 0.05) is 13.1 Å². The summed E-state index contributed by atoms with van der Waals surface area (Å²) in [5.74, 6) is -0.390. The van der Waals surface area contributed by atoms with E-state index in [9.17, 15) is 9.90 Å². The number of hydrazine groups is 1. The van der Waals surface area contributed by atoms with Crippen molar-refractivity contribution in [2.45, 2.75) is 39.2 Å². The summed E-state index contributed by atoms with van der Waals surface area (Å²) in [6.45, 7) is 5.34. The Kier molecular flexibility index (Phi) is 5.01. The molecule has 5 heteroatoms. The van der Waals surface area contributed by atoms with E-state index >= 15 is 0 Å². The van der Waals surface area contributed by atoms with Crippen LogP contribution < -0.4 is 0 Å². The minimum absolute atomic E-state index is 0.390. The number of carbonyl (C=O) groups excluding carboxylic acids is 1. The van der Waals surface area contributed by atoms with Crippen molar-refractivity contribution in [3.05, 3.63) is 0 Å². The lowest BCUT2D eigenvalue weighted by Gasteiger charge is -2.36. The third kappa shape index (κ3) is 3.44. The number of hydrogen-bond acceptors (Lipinski definition) is 4. The average molecular weight is 216 g/mol. The Morgan fingerprint density at radius 2 is 2.07 bits per heavy atom. The SMILES string of the molecule is CCON(C(=O)C(C)O)N1CCCCC1. The van der Waals surface area contributed by atoms with Crippen molar-refractivity contribution < 1.29 is 14.7 Å². The van der Waals surface area contributed by atoms with Crippen molar-refractivity contribution in [2.24, 2.45) is 0 Å². The van der Waals surface area contributed by atoms with E-state index in [-0.39, 0.29) is 0 Å². The minimum atomic E-state index is -1.02. The maximum atomic E-state index is 11.6. The smallest absolute Gasteiger partial charge is 0.289 e. The van der Waals surface area contributed by atoms with Crippen molar-refractivity contribution >= 4 is 5.91 Å². The van der Waals surface area contributed by atoms with Gasteiger partial charge in [0.05, 0.1) is 6.61 Å². The van der Waals surface area contributed by atoms with Crippen molar-refractivity contribution in [3.63, 3.8) is 0 Å². The molecule has 0 bridgehead atoms. The van der Waals surface area contributed by atoms with E-state index in [1.807, 2.05) is 11.9 Å². The maximum Gasteiger partial charge on any atom is 0.289 e. The van der Waals surface area contributed by atoms with E-state index in [0.717, 1.165) is 25.9 Å². The van der Waals surface area contributed by atoms with Gasteiger partial charge in [-0.2, -0.15) is 5.01 Å². The summed E-state index contributed by atoms with van der Waals surface area (Å²) in [4.78, 5) is 16.9. The van der Waals surface area contributed by atoms with Crippen LogP contribution in [0.1, 0.15) is 33.1 Å². The molecule has 0 aromatic rings. The van der Waals surface area contributed by atoms with Gasteiger partial charge in [-0.15, -0.1) is 5.17 Å². The van der Waals surface area contributed by atoms with Gasteiger partial charge in [0.1, 0.15) is 6.10 Å². The first-order valence-corrected chi connectivity index (χ1v) is 5.56. The highest BCUT2D eigenvalue weighted by atomic mass is 16.7. The standard InChI is InChI=1S/C10H20N2O3/c1-3-15-12(10(14)9(2)13)11-7-5-4-6-8-11/h9,13H,3-8H2,1-2H3. The molecule has 15 heavy (non-hydrogen) atoms. The third-order valence-electron chi connectivity index (χ3n) is 2.39. The number of hydroxylamine groups is 1. The lowest BCUT2D eigenvalue weighted by atomic mass is 10.2. The second-order valence-corrected chi connectivity index (χ2v) is 3.72. The molecule has 0 aromatic heterocycles. The molecule has 5 nitrogen and oxygen atoms in total. The summed E-state index contributed by atoms with van der Waals surface area (Å²) in [5.41, 5.74) is 0. The topological polar surface area (TPSA) is 53.0 Å². The fraction of sp³-hybridized carbons (Fsp3) is 0.900. The van der Waals surface area contributed by atoms with E-state index in [2.05, 4.69) is 0 Å². The third-order valence-corrected chi connectivity index (χ3v) is 2.39. The van der Waals surface area contributed by atoms with Crippen molar-refractivity contribution in [1.29, 1.82) is 0 Å². The molecule has 1 fully saturated rings. The van der Waals surface area contributed by atoms with Crippen LogP contribution in [0.15, 0.2) is 0 Å². The molecule has 1 unspecified atom stereocenters. The lowest BCUT2D eigenvalue weighted by molar-refractivity contribution is -0.274. The van der Waals surface area contributed by atoms with E-state index in [1.54, 1.807) is 0 Å². The molecule has 0 spiro atoms. The molecule has 0 aromatic carbocycles. The molecule has 1 atom stereocenters. The van der Waals surface area contributed by atoms with Gasteiger partial charge >= 0.3 is 0 Å². The number of carbonyl (C=O) groups is 1. The Balaban J connectivity index is 2.58. The molecular weight excluding hydrogens is 196 g/mol. The molecule has 0 aliphatic carbocycles.